The molecule has 106 valence electrons. The highest BCUT2D eigenvalue weighted by Gasteiger charge is 2.34. The van der Waals surface area contributed by atoms with Crippen LogP contribution >= 0.6 is 15.9 Å². The Bertz CT molecular complexity index is 615. The van der Waals surface area contributed by atoms with Gasteiger partial charge in [0, 0.05) is 15.7 Å². The van der Waals surface area contributed by atoms with Gasteiger partial charge in [0.25, 0.3) is 5.91 Å². The summed E-state index contributed by atoms with van der Waals surface area (Å²) in [6.07, 6.45) is 0. The van der Waals surface area contributed by atoms with Crippen LogP contribution in [0.15, 0.2) is 16.6 Å². The Balaban J connectivity index is 2.40. The molecule has 0 aliphatic carbocycles. The summed E-state index contributed by atoms with van der Waals surface area (Å²) < 4.78 is 0.671. The number of hydrogen-bond acceptors (Lipinski definition) is 4. The monoisotopic (exact) mass is 339 g/mol. The summed E-state index contributed by atoms with van der Waals surface area (Å²) >= 11 is 3.28. The summed E-state index contributed by atoms with van der Waals surface area (Å²) in [5.41, 5.74) is 7.32. The molecule has 1 fully saturated rings. The molecule has 6 nitrogen and oxygen atoms in total. The van der Waals surface area contributed by atoms with E-state index in [-0.39, 0.29) is 12.5 Å². The van der Waals surface area contributed by atoms with Gasteiger partial charge in [0.05, 0.1) is 0 Å². The summed E-state index contributed by atoms with van der Waals surface area (Å²) in [4.78, 5) is 36.8. The van der Waals surface area contributed by atoms with Crippen molar-refractivity contribution in [3.63, 3.8) is 0 Å². The Kier molecular flexibility index (Phi) is 3.80. The fourth-order valence-corrected chi connectivity index (χ4v) is 2.51. The van der Waals surface area contributed by atoms with E-state index >= 15 is 0 Å². The summed E-state index contributed by atoms with van der Waals surface area (Å²) in [6.45, 7) is 3.17. The molecule has 20 heavy (non-hydrogen) atoms. The summed E-state index contributed by atoms with van der Waals surface area (Å²) in [5, 5.41) is 2.20. The highest BCUT2D eigenvalue weighted by Crippen LogP contribution is 2.24. The van der Waals surface area contributed by atoms with E-state index in [2.05, 4.69) is 21.2 Å². The Hall–Kier alpha value is -1.89. The van der Waals surface area contributed by atoms with Crippen LogP contribution in [0.4, 0.5) is 5.69 Å². The quantitative estimate of drug-likeness (QED) is 0.585. The van der Waals surface area contributed by atoms with Gasteiger partial charge in [-0.1, -0.05) is 15.9 Å². The number of rotatable bonds is 1. The number of nitrogens with zero attached hydrogens (tertiary/aromatic N) is 1. The number of piperazine rings is 1. The lowest BCUT2D eigenvalue weighted by Gasteiger charge is -2.32. The van der Waals surface area contributed by atoms with E-state index in [1.807, 2.05) is 0 Å². The van der Waals surface area contributed by atoms with Crippen molar-refractivity contribution < 1.29 is 14.4 Å². The second-order valence-electron chi connectivity index (χ2n) is 4.69. The molecule has 1 aliphatic heterocycles. The number of nitrogens with two attached hydrogens (primary N) is 1. The Morgan fingerprint density at radius 2 is 2.10 bits per heavy atom. The lowest BCUT2D eigenvalue weighted by Crippen LogP contribution is -2.58. The fourth-order valence-electron chi connectivity index (χ4n) is 2.04. The van der Waals surface area contributed by atoms with E-state index in [1.54, 1.807) is 26.0 Å². The van der Waals surface area contributed by atoms with Crippen molar-refractivity contribution in [3.05, 3.63) is 27.7 Å². The average molecular weight is 340 g/mol. The molecule has 1 heterocycles. The first-order chi connectivity index (χ1) is 9.31. The lowest BCUT2D eigenvalue weighted by molar-refractivity contribution is -0.138. The van der Waals surface area contributed by atoms with E-state index in [0.717, 1.165) is 0 Å². The fraction of sp³-hybridized carbons (Fsp3) is 0.308. The van der Waals surface area contributed by atoms with Gasteiger partial charge in [0.1, 0.15) is 12.6 Å². The summed E-state index contributed by atoms with van der Waals surface area (Å²) in [7, 11) is 0. The molecule has 0 saturated carbocycles. The normalized spacial score (nSPS) is 18.9. The largest absolute Gasteiger partial charge is 0.398 e. The highest BCUT2D eigenvalue weighted by molar-refractivity contribution is 9.10. The van der Waals surface area contributed by atoms with Gasteiger partial charge < -0.3 is 10.6 Å². The second kappa shape index (κ2) is 5.24. The van der Waals surface area contributed by atoms with Crippen molar-refractivity contribution >= 4 is 39.3 Å². The SMILES string of the molecule is Cc1c(N)cc(Br)cc1C(=O)N1CC(=O)NC(=O)C1C. The predicted octanol–water partition coefficient (Wildman–Crippen LogP) is 0.827. The Morgan fingerprint density at radius 1 is 1.45 bits per heavy atom. The number of anilines is 1. The van der Waals surface area contributed by atoms with E-state index < -0.39 is 17.9 Å². The first kappa shape index (κ1) is 14.5. The van der Waals surface area contributed by atoms with E-state index in [0.29, 0.717) is 21.3 Å². The van der Waals surface area contributed by atoms with Crippen molar-refractivity contribution in [1.82, 2.24) is 10.2 Å². The van der Waals surface area contributed by atoms with Crippen molar-refractivity contribution in [1.29, 1.82) is 0 Å². The maximum absolute atomic E-state index is 12.5. The molecule has 0 bridgehead atoms. The topological polar surface area (TPSA) is 92.5 Å². The van der Waals surface area contributed by atoms with E-state index in [4.69, 9.17) is 5.73 Å². The highest BCUT2D eigenvalue weighted by atomic mass is 79.9. The second-order valence-corrected chi connectivity index (χ2v) is 5.60. The standard InChI is InChI=1S/C13H14BrN3O3/c1-6-9(3-8(14)4-10(6)15)13(20)17-5-11(18)16-12(19)7(17)2/h3-4,7H,5,15H2,1-2H3,(H,16,18,19). The number of imide groups is 1. The van der Waals surface area contributed by atoms with Crippen LogP contribution in [0.2, 0.25) is 0 Å². The maximum atomic E-state index is 12.5. The van der Waals surface area contributed by atoms with Crippen LogP contribution in [-0.4, -0.2) is 35.2 Å². The zero-order chi connectivity index (χ0) is 15.0. The van der Waals surface area contributed by atoms with Gasteiger partial charge in [-0.25, -0.2) is 0 Å². The van der Waals surface area contributed by atoms with Crippen molar-refractivity contribution in [2.45, 2.75) is 19.9 Å². The number of nitrogen functional groups attached to an aromatic ring is 1. The van der Waals surface area contributed by atoms with Crippen LogP contribution in [-0.2, 0) is 9.59 Å². The third kappa shape index (κ3) is 2.53. The minimum absolute atomic E-state index is 0.141. The molecule has 1 aromatic rings. The molecule has 0 aromatic heterocycles. The van der Waals surface area contributed by atoms with Gasteiger partial charge in [-0.15, -0.1) is 0 Å². The van der Waals surface area contributed by atoms with Crippen molar-refractivity contribution in [3.8, 4) is 0 Å². The number of nitrogens with one attached hydrogen (secondary N) is 1. The number of carbonyl (C=O) groups is 3. The molecule has 3 N–H and O–H groups in total. The van der Waals surface area contributed by atoms with Crippen LogP contribution in [0, 0.1) is 6.92 Å². The van der Waals surface area contributed by atoms with Gasteiger partial charge in [-0.3, -0.25) is 19.7 Å². The Labute approximate surface area is 124 Å². The summed E-state index contributed by atoms with van der Waals surface area (Å²) in [6, 6.07) is 2.64. The molecule has 1 unspecified atom stereocenters. The van der Waals surface area contributed by atoms with Gasteiger partial charge >= 0.3 is 0 Å². The van der Waals surface area contributed by atoms with Crippen molar-refractivity contribution in [2.75, 3.05) is 12.3 Å². The van der Waals surface area contributed by atoms with Crippen LogP contribution in [0.25, 0.3) is 0 Å². The maximum Gasteiger partial charge on any atom is 0.255 e. The predicted molar refractivity (Wildman–Crippen MR) is 76.9 cm³/mol. The summed E-state index contributed by atoms with van der Waals surface area (Å²) in [5.74, 6) is -1.34. The molecule has 1 saturated heterocycles. The minimum Gasteiger partial charge on any atom is -0.398 e. The molecule has 1 atom stereocenters. The number of hydrogen-bond donors (Lipinski definition) is 2. The molecular weight excluding hydrogens is 326 g/mol. The number of carbonyl (C=O) groups excluding carboxylic acids is 3. The van der Waals surface area contributed by atoms with E-state index in [9.17, 15) is 14.4 Å². The number of benzene rings is 1. The van der Waals surface area contributed by atoms with Gasteiger partial charge in [0.2, 0.25) is 11.8 Å². The first-order valence-electron chi connectivity index (χ1n) is 6.01. The average Bonchev–Trinajstić information content (AvgIpc) is 2.37. The van der Waals surface area contributed by atoms with Crippen LogP contribution in [0.1, 0.15) is 22.8 Å². The molecular formula is C13H14BrN3O3. The van der Waals surface area contributed by atoms with Gasteiger partial charge in [-0.05, 0) is 31.5 Å². The molecule has 3 amide bonds. The molecule has 0 spiro atoms. The molecule has 7 heteroatoms. The smallest absolute Gasteiger partial charge is 0.255 e. The lowest BCUT2D eigenvalue weighted by atomic mass is 10.0. The van der Waals surface area contributed by atoms with Crippen LogP contribution < -0.4 is 11.1 Å². The molecule has 2 rings (SSSR count). The van der Waals surface area contributed by atoms with E-state index in [1.165, 1.54) is 4.90 Å². The van der Waals surface area contributed by atoms with Gasteiger partial charge in [0.15, 0.2) is 0 Å². The number of amides is 3. The first-order valence-corrected chi connectivity index (χ1v) is 6.81. The molecule has 0 radical (unpaired) electrons. The van der Waals surface area contributed by atoms with Gasteiger partial charge in [-0.2, -0.15) is 0 Å². The van der Waals surface area contributed by atoms with Crippen molar-refractivity contribution in [2.24, 2.45) is 0 Å². The van der Waals surface area contributed by atoms with Crippen LogP contribution in [0.3, 0.4) is 0 Å². The third-order valence-corrected chi connectivity index (χ3v) is 3.79. The minimum atomic E-state index is -0.695. The number of halogens is 1. The molecule has 1 aliphatic rings. The zero-order valence-corrected chi connectivity index (χ0v) is 12.7. The molecule has 1 aromatic carbocycles. The van der Waals surface area contributed by atoms with Crippen LogP contribution in [0.5, 0.6) is 0 Å². The Morgan fingerprint density at radius 3 is 2.75 bits per heavy atom. The zero-order valence-electron chi connectivity index (χ0n) is 11.1. The third-order valence-electron chi connectivity index (χ3n) is 3.33.